The van der Waals surface area contributed by atoms with Gasteiger partial charge in [0.1, 0.15) is 0 Å². The highest BCUT2D eigenvalue weighted by Crippen LogP contribution is 2.21. The summed E-state index contributed by atoms with van der Waals surface area (Å²) in [5.41, 5.74) is 0. The van der Waals surface area contributed by atoms with Crippen molar-refractivity contribution < 1.29 is 14.3 Å². The van der Waals surface area contributed by atoms with Gasteiger partial charge < -0.3 is 14.4 Å². The van der Waals surface area contributed by atoms with Gasteiger partial charge >= 0.3 is 0 Å². The van der Waals surface area contributed by atoms with E-state index in [1.54, 1.807) is 0 Å². The number of carbonyl (C=O) groups excluding carboxylic acids is 1. The molecule has 4 heteroatoms. The van der Waals surface area contributed by atoms with E-state index in [0.717, 1.165) is 65.0 Å². The van der Waals surface area contributed by atoms with Crippen LogP contribution >= 0.6 is 0 Å². The summed E-state index contributed by atoms with van der Waals surface area (Å²) >= 11 is 0. The van der Waals surface area contributed by atoms with Crippen LogP contribution in [0.1, 0.15) is 45.4 Å². The molecule has 19 heavy (non-hydrogen) atoms. The molecule has 0 bridgehead atoms. The second-order valence-corrected chi connectivity index (χ2v) is 5.64. The third-order valence-electron chi connectivity index (χ3n) is 4.18. The lowest BCUT2D eigenvalue weighted by Crippen LogP contribution is -2.44. The molecule has 0 unspecified atom stereocenters. The van der Waals surface area contributed by atoms with Crippen molar-refractivity contribution in [1.29, 1.82) is 0 Å². The van der Waals surface area contributed by atoms with E-state index in [1.165, 1.54) is 6.42 Å². The topological polar surface area (TPSA) is 38.8 Å². The van der Waals surface area contributed by atoms with Crippen molar-refractivity contribution in [2.45, 2.75) is 51.6 Å². The lowest BCUT2D eigenvalue weighted by Gasteiger charge is -2.35. The van der Waals surface area contributed by atoms with Crippen molar-refractivity contribution in [3.63, 3.8) is 0 Å². The lowest BCUT2D eigenvalue weighted by atomic mass is 9.97. The minimum absolute atomic E-state index is 0.200. The molecule has 0 atom stereocenters. The monoisotopic (exact) mass is 269 g/mol. The summed E-state index contributed by atoms with van der Waals surface area (Å²) < 4.78 is 11.2. The minimum Gasteiger partial charge on any atom is -0.381 e. The molecule has 110 valence electrons. The fourth-order valence-corrected chi connectivity index (χ4v) is 2.84. The van der Waals surface area contributed by atoms with E-state index in [2.05, 4.69) is 6.92 Å². The van der Waals surface area contributed by atoms with E-state index < -0.39 is 0 Å². The van der Waals surface area contributed by atoms with Gasteiger partial charge in [-0.05, 0) is 32.1 Å². The van der Waals surface area contributed by atoms with Gasteiger partial charge in [0.15, 0.2) is 0 Å². The number of ether oxygens (including phenoxy) is 2. The zero-order valence-electron chi connectivity index (χ0n) is 12.1. The van der Waals surface area contributed by atoms with Crippen LogP contribution in [0.4, 0.5) is 0 Å². The number of nitrogens with zero attached hydrogens (tertiary/aromatic N) is 1. The van der Waals surface area contributed by atoms with Gasteiger partial charge in [0, 0.05) is 38.8 Å². The Labute approximate surface area is 116 Å². The van der Waals surface area contributed by atoms with Gasteiger partial charge in [0.25, 0.3) is 0 Å². The van der Waals surface area contributed by atoms with Gasteiger partial charge in [0.05, 0.1) is 6.10 Å². The Balaban J connectivity index is 1.68. The van der Waals surface area contributed by atoms with Crippen LogP contribution in [-0.2, 0) is 14.3 Å². The highest BCUT2D eigenvalue weighted by molar-refractivity contribution is 5.79. The fourth-order valence-electron chi connectivity index (χ4n) is 2.84. The third-order valence-corrected chi connectivity index (χ3v) is 4.18. The van der Waals surface area contributed by atoms with Gasteiger partial charge in [-0.2, -0.15) is 0 Å². The molecular weight excluding hydrogens is 242 g/mol. The lowest BCUT2D eigenvalue weighted by molar-refractivity contribution is -0.141. The van der Waals surface area contributed by atoms with Gasteiger partial charge in [-0.15, -0.1) is 0 Å². The first kappa shape index (κ1) is 14.8. The molecule has 0 saturated carbocycles. The molecule has 4 nitrogen and oxygen atoms in total. The van der Waals surface area contributed by atoms with Crippen molar-refractivity contribution in [2.75, 3.05) is 32.9 Å². The number of unbranched alkanes of at least 4 members (excludes halogenated alkanes) is 1. The second kappa shape index (κ2) is 7.85. The van der Waals surface area contributed by atoms with Crippen LogP contribution < -0.4 is 0 Å². The predicted octanol–water partition coefficient (Wildman–Crippen LogP) is 2.22. The molecule has 2 heterocycles. The van der Waals surface area contributed by atoms with Crippen LogP contribution in [0.5, 0.6) is 0 Å². The Morgan fingerprint density at radius 1 is 1.21 bits per heavy atom. The average Bonchev–Trinajstić information content (AvgIpc) is 2.48. The highest BCUT2D eigenvalue weighted by Gasteiger charge is 2.29. The maximum Gasteiger partial charge on any atom is 0.225 e. The summed E-state index contributed by atoms with van der Waals surface area (Å²) in [6, 6.07) is 0. The number of hydrogen-bond acceptors (Lipinski definition) is 3. The van der Waals surface area contributed by atoms with Crippen molar-refractivity contribution in [1.82, 2.24) is 4.90 Å². The normalized spacial score (nSPS) is 22.7. The summed E-state index contributed by atoms with van der Waals surface area (Å²) in [5.74, 6) is 0.543. The van der Waals surface area contributed by atoms with Gasteiger partial charge in [-0.1, -0.05) is 13.3 Å². The van der Waals surface area contributed by atoms with Crippen LogP contribution in [0.2, 0.25) is 0 Å². The SMILES string of the molecule is CCCCOC1CCN(C(=O)C2CCOCC2)CC1. The molecule has 1 amide bonds. The Bertz CT molecular complexity index is 269. The van der Waals surface area contributed by atoms with E-state index in [1.807, 2.05) is 4.90 Å². The van der Waals surface area contributed by atoms with Crippen molar-refractivity contribution in [2.24, 2.45) is 5.92 Å². The molecule has 0 N–H and O–H groups in total. The largest absolute Gasteiger partial charge is 0.381 e. The van der Waals surface area contributed by atoms with E-state index >= 15 is 0 Å². The standard InChI is InChI=1S/C15H27NO3/c1-2-3-10-19-14-4-8-16(9-5-14)15(17)13-6-11-18-12-7-13/h13-14H,2-12H2,1H3. The van der Waals surface area contributed by atoms with Gasteiger partial charge in [-0.3, -0.25) is 4.79 Å². The molecule has 0 spiro atoms. The van der Waals surface area contributed by atoms with Crippen LogP contribution in [0.3, 0.4) is 0 Å². The number of rotatable bonds is 5. The molecule has 0 aromatic rings. The van der Waals surface area contributed by atoms with E-state index in [0.29, 0.717) is 12.0 Å². The first-order valence-corrected chi connectivity index (χ1v) is 7.79. The second-order valence-electron chi connectivity index (χ2n) is 5.64. The molecule has 0 aliphatic carbocycles. The summed E-state index contributed by atoms with van der Waals surface area (Å²) in [4.78, 5) is 14.4. The number of hydrogen-bond donors (Lipinski definition) is 0. The maximum atomic E-state index is 12.3. The van der Waals surface area contributed by atoms with E-state index in [9.17, 15) is 4.79 Å². The summed E-state index contributed by atoms with van der Waals surface area (Å²) in [6.45, 7) is 6.27. The molecule has 0 aromatic carbocycles. The molecule has 0 radical (unpaired) electrons. The number of piperidine rings is 1. The molecule has 2 aliphatic rings. The van der Waals surface area contributed by atoms with Crippen LogP contribution in [0.25, 0.3) is 0 Å². The molecule has 2 aliphatic heterocycles. The zero-order chi connectivity index (χ0) is 13.5. The van der Waals surface area contributed by atoms with Crippen molar-refractivity contribution in [3.05, 3.63) is 0 Å². The Hall–Kier alpha value is -0.610. The predicted molar refractivity (Wildman–Crippen MR) is 74.0 cm³/mol. The number of carbonyl (C=O) groups is 1. The van der Waals surface area contributed by atoms with Gasteiger partial charge in [-0.25, -0.2) is 0 Å². The summed E-state index contributed by atoms with van der Waals surface area (Å²) in [6.07, 6.45) is 6.47. The Morgan fingerprint density at radius 2 is 1.89 bits per heavy atom. The van der Waals surface area contributed by atoms with Crippen molar-refractivity contribution in [3.8, 4) is 0 Å². The highest BCUT2D eigenvalue weighted by atomic mass is 16.5. The Morgan fingerprint density at radius 3 is 2.53 bits per heavy atom. The third kappa shape index (κ3) is 4.46. The van der Waals surface area contributed by atoms with Crippen LogP contribution in [0.15, 0.2) is 0 Å². The molecule has 2 saturated heterocycles. The van der Waals surface area contributed by atoms with E-state index in [-0.39, 0.29) is 5.92 Å². The molecule has 2 fully saturated rings. The van der Waals surface area contributed by atoms with E-state index in [4.69, 9.17) is 9.47 Å². The first-order valence-electron chi connectivity index (χ1n) is 7.79. The van der Waals surface area contributed by atoms with Crippen LogP contribution in [-0.4, -0.2) is 49.8 Å². The smallest absolute Gasteiger partial charge is 0.225 e. The Kier molecular flexibility index (Phi) is 6.11. The summed E-state index contributed by atoms with van der Waals surface area (Å²) in [5, 5.41) is 0. The summed E-state index contributed by atoms with van der Waals surface area (Å²) in [7, 11) is 0. The number of amides is 1. The molecule has 2 rings (SSSR count). The molecular formula is C15H27NO3. The quantitative estimate of drug-likeness (QED) is 0.718. The van der Waals surface area contributed by atoms with Crippen LogP contribution in [0, 0.1) is 5.92 Å². The first-order chi connectivity index (χ1) is 9.31. The number of likely N-dealkylation sites (tertiary alicyclic amines) is 1. The van der Waals surface area contributed by atoms with Gasteiger partial charge in [0.2, 0.25) is 5.91 Å². The van der Waals surface area contributed by atoms with Crippen molar-refractivity contribution >= 4 is 5.91 Å². The zero-order valence-corrected chi connectivity index (χ0v) is 12.1. The maximum absolute atomic E-state index is 12.3. The molecule has 0 aromatic heterocycles. The average molecular weight is 269 g/mol. The fraction of sp³-hybridized carbons (Fsp3) is 0.933. The minimum atomic E-state index is 0.200.